The molecule has 156 valence electrons. The van der Waals surface area contributed by atoms with Crippen LogP contribution in [0.25, 0.3) is 10.2 Å². The first kappa shape index (κ1) is 22.0. The summed E-state index contributed by atoms with van der Waals surface area (Å²) in [6.07, 6.45) is 6.34. The zero-order valence-corrected chi connectivity index (χ0v) is 19.0. The second kappa shape index (κ2) is 9.41. The van der Waals surface area contributed by atoms with E-state index in [-0.39, 0.29) is 18.3 Å². The van der Waals surface area contributed by atoms with Crippen molar-refractivity contribution in [3.63, 3.8) is 0 Å². The summed E-state index contributed by atoms with van der Waals surface area (Å²) in [5, 5.41) is 0.755. The molecule has 0 saturated heterocycles. The van der Waals surface area contributed by atoms with Gasteiger partial charge in [0.15, 0.2) is 5.13 Å². The maximum Gasteiger partial charge on any atom is 0.260 e. The topological polar surface area (TPSA) is 51.0 Å². The molecule has 0 N–H and O–H groups in total. The van der Waals surface area contributed by atoms with E-state index in [0.717, 1.165) is 33.9 Å². The first-order chi connectivity index (χ1) is 14.0. The van der Waals surface area contributed by atoms with Gasteiger partial charge >= 0.3 is 0 Å². The summed E-state index contributed by atoms with van der Waals surface area (Å²) < 4.78 is 3.17. The molecule has 7 heteroatoms. The summed E-state index contributed by atoms with van der Waals surface area (Å²) in [5.41, 5.74) is 5.16. The van der Waals surface area contributed by atoms with E-state index in [1.807, 2.05) is 46.9 Å². The van der Waals surface area contributed by atoms with Crippen molar-refractivity contribution in [2.45, 2.75) is 33.7 Å². The highest BCUT2D eigenvalue weighted by Gasteiger charge is 2.21. The summed E-state index contributed by atoms with van der Waals surface area (Å²) in [6.45, 7) is 7.60. The summed E-state index contributed by atoms with van der Waals surface area (Å²) in [7, 11) is 0. The Morgan fingerprint density at radius 1 is 1.10 bits per heavy atom. The Hall–Kier alpha value is -2.70. The van der Waals surface area contributed by atoms with E-state index in [1.54, 1.807) is 23.9 Å². The third-order valence-electron chi connectivity index (χ3n) is 4.94. The van der Waals surface area contributed by atoms with Gasteiger partial charge in [-0.25, -0.2) is 9.97 Å². The molecule has 4 aromatic rings. The van der Waals surface area contributed by atoms with Crippen LogP contribution in [0.2, 0.25) is 0 Å². The van der Waals surface area contributed by atoms with E-state index in [1.165, 1.54) is 11.1 Å². The Balaban J connectivity index is 0.00000256. The number of halogens is 1. The summed E-state index contributed by atoms with van der Waals surface area (Å²) in [6, 6.07) is 12.0. The number of hydrogen-bond acceptors (Lipinski definition) is 4. The lowest BCUT2D eigenvalue weighted by Crippen LogP contribution is -2.32. The number of anilines is 1. The van der Waals surface area contributed by atoms with Gasteiger partial charge in [0.05, 0.1) is 16.5 Å². The van der Waals surface area contributed by atoms with Crippen molar-refractivity contribution in [3.05, 3.63) is 77.4 Å². The number of aromatic nitrogens is 3. The van der Waals surface area contributed by atoms with Gasteiger partial charge in [0.25, 0.3) is 5.91 Å². The Labute approximate surface area is 186 Å². The van der Waals surface area contributed by atoms with E-state index >= 15 is 0 Å². The Morgan fingerprint density at radius 2 is 1.87 bits per heavy atom. The van der Waals surface area contributed by atoms with Gasteiger partial charge < -0.3 is 4.57 Å². The molecule has 0 atom stereocenters. The lowest BCUT2D eigenvalue weighted by molar-refractivity contribution is 0.0986. The lowest BCUT2D eigenvalue weighted by atomic mass is 10.1. The molecular formula is C23H25ClN4OS. The number of hydrogen-bond donors (Lipinski definition) is 0. The van der Waals surface area contributed by atoms with Gasteiger partial charge in [-0.3, -0.25) is 9.69 Å². The van der Waals surface area contributed by atoms with Gasteiger partial charge in [0, 0.05) is 31.0 Å². The maximum absolute atomic E-state index is 13.4. The summed E-state index contributed by atoms with van der Waals surface area (Å²) in [4.78, 5) is 24.1. The van der Waals surface area contributed by atoms with Crippen LogP contribution in [0.4, 0.5) is 5.13 Å². The Bertz CT molecular complexity index is 1140. The van der Waals surface area contributed by atoms with Crippen LogP contribution in [-0.2, 0) is 6.54 Å². The molecule has 0 aliphatic heterocycles. The molecule has 2 aromatic heterocycles. The smallest absolute Gasteiger partial charge is 0.260 e. The van der Waals surface area contributed by atoms with Crippen molar-refractivity contribution in [2.75, 3.05) is 11.4 Å². The molecule has 0 fully saturated rings. The molecule has 0 spiro atoms. The predicted octanol–water partition coefficient (Wildman–Crippen LogP) is 5.58. The highest BCUT2D eigenvalue weighted by Crippen LogP contribution is 2.33. The highest BCUT2D eigenvalue weighted by molar-refractivity contribution is 7.22. The van der Waals surface area contributed by atoms with Crippen molar-refractivity contribution < 1.29 is 4.79 Å². The van der Waals surface area contributed by atoms with Crippen LogP contribution in [0.3, 0.4) is 0 Å². The van der Waals surface area contributed by atoms with E-state index in [9.17, 15) is 4.79 Å². The van der Waals surface area contributed by atoms with Gasteiger partial charge in [-0.2, -0.15) is 0 Å². The number of imidazole rings is 1. The SMILES string of the molecule is Cc1ccc(C(=O)N(CCCn2ccnc2)c2nc3cc(C)cc(C)c3s2)cc1.Cl. The van der Waals surface area contributed by atoms with Crippen LogP contribution in [-0.4, -0.2) is 27.0 Å². The molecule has 2 aromatic carbocycles. The molecule has 5 nitrogen and oxygen atoms in total. The number of carbonyl (C=O) groups excluding carboxylic acids is 1. The summed E-state index contributed by atoms with van der Waals surface area (Å²) >= 11 is 1.59. The van der Waals surface area contributed by atoms with E-state index in [0.29, 0.717) is 12.1 Å². The zero-order valence-electron chi connectivity index (χ0n) is 17.3. The highest BCUT2D eigenvalue weighted by atomic mass is 35.5. The fraction of sp³-hybridized carbons (Fsp3) is 0.261. The minimum Gasteiger partial charge on any atom is -0.337 e. The molecule has 0 aliphatic carbocycles. The van der Waals surface area contributed by atoms with Crippen molar-refractivity contribution in [2.24, 2.45) is 0 Å². The average molecular weight is 441 g/mol. The molecule has 30 heavy (non-hydrogen) atoms. The van der Waals surface area contributed by atoms with Crippen molar-refractivity contribution in [1.82, 2.24) is 14.5 Å². The normalized spacial score (nSPS) is 10.8. The van der Waals surface area contributed by atoms with Crippen LogP contribution in [0.15, 0.2) is 55.1 Å². The zero-order chi connectivity index (χ0) is 20.4. The van der Waals surface area contributed by atoms with Crippen molar-refractivity contribution in [1.29, 1.82) is 0 Å². The molecule has 4 rings (SSSR count). The number of fused-ring (bicyclic) bond motifs is 1. The van der Waals surface area contributed by atoms with E-state index in [4.69, 9.17) is 4.98 Å². The number of carbonyl (C=O) groups is 1. The van der Waals surface area contributed by atoms with E-state index < -0.39 is 0 Å². The molecule has 0 saturated carbocycles. The first-order valence-corrected chi connectivity index (χ1v) is 10.5. The third-order valence-corrected chi connectivity index (χ3v) is 6.17. The lowest BCUT2D eigenvalue weighted by Gasteiger charge is -2.20. The number of rotatable bonds is 6. The average Bonchev–Trinajstić information content (AvgIpc) is 3.35. The number of aryl methyl sites for hydroxylation is 4. The monoisotopic (exact) mass is 440 g/mol. The standard InChI is InChI=1S/C23H24N4OS.ClH/c1-16-5-7-19(8-6-16)22(28)27(11-4-10-26-12-9-24-15-26)23-25-20-14-17(2)13-18(3)21(20)29-23;/h5-9,12-15H,4,10-11H2,1-3H3;1H. The molecule has 2 heterocycles. The van der Waals surface area contributed by atoms with Crippen LogP contribution in [0.1, 0.15) is 33.5 Å². The van der Waals surface area contributed by atoms with Crippen molar-refractivity contribution >= 4 is 45.0 Å². The first-order valence-electron chi connectivity index (χ1n) is 9.73. The molecular weight excluding hydrogens is 416 g/mol. The van der Waals surface area contributed by atoms with Crippen molar-refractivity contribution in [3.8, 4) is 0 Å². The predicted molar refractivity (Wildman–Crippen MR) is 126 cm³/mol. The molecule has 0 aliphatic rings. The van der Waals surface area contributed by atoms with Gasteiger partial charge in [-0.05, 0) is 56.5 Å². The quantitative estimate of drug-likeness (QED) is 0.393. The van der Waals surface area contributed by atoms with Crippen LogP contribution in [0, 0.1) is 20.8 Å². The Morgan fingerprint density at radius 3 is 2.57 bits per heavy atom. The molecule has 0 bridgehead atoms. The summed E-state index contributed by atoms with van der Waals surface area (Å²) in [5.74, 6) is -0.0101. The van der Waals surface area contributed by atoms with Crippen LogP contribution >= 0.6 is 23.7 Å². The fourth-order valence-electron chi connectivity index (χ4n) is 3.45. The largest absolute Gasteiger partial charge is 0.337 e. The Kier molecular flexibility index (Phi) is 6.90. The number of benzene rings is 2. The van der Waals surface area contributed by atoms with Gasteiger partial charge in [0.2, 0.25) is 0 Å². The van der Waals surface area contributed by atoms with Gasteiger partial charge in [-0.1, -0.05) is 35.1 Å². The molecule has 1 amide bonds. The number of nitrogens with zero attached hydrogens (tertiary/aromatic N) is 4. The molecule has 0 unspecified atom stereocenters. The van der Waals surface area contributed by atoms with E-state index in [2.05, 4.69) is 31.0 Å². The van der Waals surface area contributed by atoms with Crippen LogP contribution in [0.5, 0.6) is 0 Å². The maximum atomic E-state index is 13.4. The molecule has 0 radical (unpaired) electrons. The van der Waals surface area contributed by atoms with Gasteiger partial charge in [-0.15, -0.1) is 12.4 Å². The fourth-order valence-corrected chi connectivity index (χ4v) is 4.49. The second-order valence-electron chi connectivity index (χ2n) is 7.40. The number of amides is 1. The minimum absolute atomic E-state index is 0. The second-order valence-corrected chi connectivity index (χ2v) is 8.38. The minimum atomic E-state index is -0.0101. The third kappa shape index (κ3) is 4.71. The number of thiazole rings is 1. The van der Waals surface area contributed by atoms with Crippen LogP contribution < -0.4 is 4.90 Å². The van der Waals surface area contributed by atoms with Gasteiger partial charge in [0.1, 0.15) is 0 Å².